The molecular weight excluding hydrogens is 289 g/mol. The van der Waals surface area contributed by atoms with Crippen LogP contribution in [0.4, 0.5) is 13.2 Å². The van der Waals surface area contributed by atoms with Crippen molar-refractivity contribution in [3.63, 3.8) is 0 Å². The van der Waals surface area contributed by atoms with Gasteiger partial charge in [0, 0.05) is 32.2 Å². The van der Waals surface area contributed by atoms with Crippen LogP contribution in [0.25, 0.3) is 0 Å². The molecule has 0 radical (unpaired) electrons. The Labute approximate surface area is 130 Å². The summed E-state index contributed by atoms with van der Waals surface area (Å²) >= 11 is 0. The van der Waals surface area contributed by atoms with Gasteiger partial charge < -0.3 is 5.32 Å². The van der Waals surface area contributed by atoms with Crippen molar-refractivity contribution in [1.82, 2.24) is 10.2 Å². The zero-order valence-corrected chi connectivity index (χ0v) is 13.3. The third-order valence-electron chi connectivity index (χ3n) is 4.23. The third-order valence-corrected chi connectivity index (χ3v) is 4.23. The van der Waals surface area contributed by atoms with Gasteiger partial charge in [-0.25, -0.2) is 0 Å². The van der Waals surface area contributed by atoms with Gasteiger partial charge in [-0.2, -0.15) is 13.2 Å². The molecule has 124 valence electrons. The molecule has 0 bridgehead atoms. The summed E-state index contributed by atoms with van der Waals surface area (Å²) in [5, 5.41) is 3.32. The molecule has 0 unspecified atom stereocenters. The van der Waals surface area contributed by atoms with E-state index in [4.69, 9.17) is 0 Å². The van der Waals surface area contributed by atoms with Crippen LogP contribution in [0.5, 0.6) is 0 Å². The molecule has 1 saturated heterocycles. The fourth-order valence-electron chi connectivity index (χ4n) is 2.94. The van der Waals surface area contributed by atoms with Crippen LogP contribution in [0.15, 0.2) is 24.3 Å². The standard InChI is InChI=1S/C17H25F3N2/c1-13(2)3-8-16(22-11-9-21-10-12-22)14-4-6-15(7-5-14)17(18,19)20/h4-7,13,16,21H,3,8-12H2,1-2H3/t16-/m0/s1. The van der Waals surface area contributed by atoms with Gasteiger partial charge in [0.15, 0.2) is 0 Å². The van der Waals surface area contributed by atoms with E-state index in [0.717, 1.165) is 44.6 Å². The molecule has 1 heterocycles. The zero-order chi connectivity index (χ0) is 16.2. The summed E-state index contributed by atoms with van der Waals surface area (Å²) < 4.78 is 38.1. The van der Waals surface area contributed by atoms with Crippen molar-refractivity contribution in [2.75, 3.05) is 26.2 Å². The van der Waals surface area contributed by atoms with E-state index in [1.165, 1.54) is 12.1 Å². The van der Waals surface area contributed by atoms with Gasteiger partial charge in [0.25, 0.3) is 0 Å². The number of benzene rings is 1. The van der Waals surface area contributed by atoms with Gasteiger partial charge in [0.1, 0.15) is 0 Å². The second-order valence-electron chi connectivity index (χ2n) is 6.39. The maximum absolute atomic E-state index is 12.7. The van der Waals surface area contributed by atoms with Crippen LogP contribution in [0.3, 0.4) is 0 Å². The number of rotatable bonds is 5. The van der Waals surface area contributed by atoms with Crippen molar-refractivity contribution in [1.29, 1.82) is 0 Å². The van der Waals surface area contributed by atoms with Crippen LogP contribution in [0.2, 0.25) is 0 Å². The van der Waals surface area contributed by atoms with Gasteiger partial charge in [0.2, 0.25) is 0 Å². The summed E-state index contributed by atoms with van der Waals surface area (Å²) in [6, 6.07) is 5.93. The van der Waals surface area contributed by atoms with E-state index in [0.29, 0.717) is 5.92 Å². The van der Waals surface area contributed by atoms with E-state index in [1.807, 2.05) is 0 Å². The summed E-state index contributed by atoms with van der Waals surface area (Å²) in [7, 11) is 0. The normalized spacial score (nSPS) is 18.6. The molecule has 5 heteroatoms. The maximum Gasteiger partial charge on any atom is 0.416 e. The average Bonchev–Trinajstić information content (AvgIpc) is 2.48. The third kappa shape index (κ3) is 4.71. The molecule has 0 spiro atoms. The highest BCUT2D eigenvalue weighted by Gasteiger charge is 2.30. The predicted molar refractivity (Wildman–Crippen MR) is 82.7 cm³/mol. The molecule has 1 aromatic rings. The Morgan fingerprint density at radius 2 is 1.64 bits per heavy atom. The van der Waals surface area contributed by atoms with Crippen LogP contribution in [-0.2, 0) is 6.18 Å². The number of halogens is 3. The summed E-state index contributed by atoms with van der Waals surface area (Å²) in [5.74, 6) is 0.597. The molecule has 1 N–H and O–H groups in total. The second-order valence-corrected chi connectivity index (χ2v) is 6.39. The summed E-state index contributed by atoms with van der Waals surface area (Å²) in [5.41, 5.74) is 0.426. The molecule has 22 heavy (non-hydrogen) atoms. The Morgan fingerprint density at radius 3 is 2.14 bits per heavy atom. The Kier molecular flexibility index (Phi) is 5.87. The lowest BCUT2D eigenvalue weighted by atomic mass is 9.95. The zero-order valence-electron chi connectivity index (χ0n) is 13.3. The number of alkyl halides is 3. The average molecular weight is 314 g/mol. The minimum Gasteiger partial charge on any atom is -0.314 e. The van der Waals surface area contributed by atoms with E-state index in [-0.39, 0.29) is 6.04 Å². The van der Waals surface area contributed by atoms with Gasteiger partial charge in [-0.3, -0.25) is 4.90 Å². The molecule has 2 rings (SSSR count). The van der Waals surface area contributed by atoms with E-state index < -0.39 is 11.7 Å². The number of nitrogens with zero attached hydrogens (tertiary/aromatic N) is 1. The van der Waals surface area contributed by atoms with E-state index >= 15 is 0 Å². The minimum absolute atomic E-state index is 0.215. The molecule has 2 nitrogen and oxygen atoms in total. The Balaban J connectivity index is 2.16. The Hall–Kier alpha value is -1.07. The first-order valence-corrected chi connectivity index (χ1v) is 8.00. The second kappa shape index (κ2) is 7.47. The highest BCUT2D eigenvalue weighted by atomic mass is 19.4. The molecule has 1 atom stereocenters. The van der Waals surface area contributed by atoms with Gasteiger partial charge in [-0.05, 0) is 36.5 Å². The molecular formula is C17H25F3N2. The van der Waals surface area contributed by atoms with Crippen LogP contribution in [-0.4, -0.2) is 31.1 Å². The highest BCUT2D eigenvalue weighted by Crippen LogP contribution is 2.32. The number of piperazine rings is 1. The molecule has 0 amide bonds. The SMILES string of the molecule is CC(C)CC[C@@H](c1ccc(C(F)(F)F)cc1)N1CCNCC1. The minimum atomic E-state index is -4.26. The van der Waals surface area contributed by atoms with Crippen molar-refractivity contribution >= 4 is 0 Å². The van der Waals surface area contributed by atoms with Crippen LogP contribution < -0.4 is 5.32 Å². The molecule has 0 aromatic heterocycles. The van der Waals surface area contributed by atoms with Crippen molar-refractivity contribution in [3.05, 3.63) is 35.4 Å². The molecule has 0 aliphatic carbocycles. The first-order valence-electron chi connectivity index (χ1n) is 8.00. The number of hydrogen-bond acceptors (Lipinski definition) is 2. The topological polar surface area (TPSA) is 15.3 Å². The molecule has 0 saturated carbocycles. The fraction of sp³-hybridized carbons (Fsp3) is 0.647. The predicted octanol–water partition coefficient (Wildman–Crippen LogP) is 4.09. The monoisotopic (exact) mass is 314 g/mol. The molecule has 1 aromatic carbocycles. The smallest absolute Gasteiger partial charge is 0.314 e. The molecule has 1 fully saturated rings. The van der Waals surface area contributed by atoms with Crippen molar-refractivity contribution in [3.8, 4) is 0 Å². The number of nitrogens with one attached hydrogen (secondary N) is 1. The Bertz CT molecular complexity index is 448. The molecule has 1 aliphatic heterocycles. The van der Waals surface area contributed by atoms with Gasteiger partial charge >= 0.3 is 6.18 Å². The fourth-order valence-corrected chi connectivity index (χ4v) is 2.94. The van der Waals surface area contributed by atoms with E-state index in [2.05, 4.69) is 24.1 Å². The lowest BCUT2D eigenvalue weighted by Crippen LogP contribution is -2.45. The van der Waals surface area contributed by atoms with Crippen LogP contribution in [0.1, 0.15) is 43.9 Å². The van der Waals surface area contributed by atoms with Gasteiger partial charge in [-0.15, -0.1) is 0 Å². The van der Waals surface area contributed by atoms with Crippen molar-refractivity contribution in [2.45, 2.75) is 38.9 Å². The summed E-state index contributed by atoms with van der Waals surface area (Å²) in [6.45, 7) is 8.15. The van der Waals surface area contributed by atoms with Crippen LogP contribution in [0, 0.1) is 5.92 Å². The summed E-state index contributed by atoms with van der Waals surface area (Å²) in [6.07, 6.45) is -2.19. The summed E-state index contributed by atoms with van der Waals surface area (Å²) in [4.78, 5) is 2.39. The highest BCUT2D eigenvalue weighted by molar-refractivity contribution is 5.27. The Morgan fingerprint density at radius 1 is 1.05 bits per heavy atom. The van der Waals surface area contributed by atoms with E-state index in [1.54, 1.807) is 12.1 Å². The van der Waals surface area contributed by atoms with Crippen molar-refractivity contribution in [2.24, 2.45) is 5.92 Å². The lowest BCUT2D eigenvalue weighted by Gasteiger charge is -2.35. The molecule has 1 aliphatic rings. The lowest BCUT2D eigenvalue weighted by molar-refractivity contribution is -0.137. The van der Waals surface area contributed by atoms with E-state index in [9.17, 15) is 13.2 Å². The first-order chi connectivity index (χ1) is 10.4. The first kappa shape index (κ1) is 17.3. The number of hydrogen-bond donors (Lipinski definition) is 1. The van der Waals surface area contributed by atoms with Gasteiger partial charge in [-0.1, -0.05) is 26.0 Å². The maximum atomic E-state index is 12.7. The van der Waals surface area contributed by atoms with Gasteiger partial charge in [0.05, 0.1) is 5.56 Å². The van der Waals surface area contributed by atoms with Crippen LogP contribution >= 0.6 is 0 Å². The van der Waals surface area contributed by atoms with Crippen molar-refractivity contribution < 1.29 is 13.2 Å². The largest absolute Gasteiger partial charge is 0.416 e. The quantitative estimate of drug-likeness (QED) is 0.880.